The average Bonchev–Trinajstić information content (AvgIpc) is 3.26. The molecule has 0 unspecified atom stereocenters. The molecule has 0 spiro atoms. The van der Waals surface area contributed by atoms with Gasteiger partial charge in [0.05, 0.1) is 12.8 Å². The molecule has 8 heteroatoms. The fourth-order valence-electron chi connectivity index (χ4n) is 2.51. The van der Waals surface area contributed by atoms with Crippen molar-refractivity contribution < 1.29 is 9.53 Å². The highest BCUT2D eigenvalue weighted by Crippen LogP contribution is 2.21. The molecule has 1 saturated heterocycles. The van der Waals surface area contributed by atoms with Gasteiger partial charge in [-0.15, -0.1) is 5.10 Å². The summed E-state index contributed by atoms with van der Waals surface area (Å²) in [6.07, 6.45) is 2.75. The van der Waals surface area contributed by atoms with E-state index in [9.17, 15) is 4.79 Å². The molecule has 1 aromatic carbocycles. The molecule has 1 aliphatic rings. The summed E-state index contributed by atoms with van der Waals surface area (Å²) in [7, 11) is 1.63. The van der Waals surface area contributed by atoms with Gasteiger partial charge in [0.1, 0.15) is 5.75 Å². The van der Waals surface area contributed by atoms with Crippen molar-refractivity contribution in [1.82, 2.24) is 25.1 Å². The average molecular weight is 333 g/mol. The van der Waals surface area contributed by atoms with Crippen LogP contribution in [0.25, 0.3) is 5.69 Å². The van der Waals surface area contributed by atoms with Crippen molar-refractivity contribution in [2.24, 2.45) is 0 Å². The monoisotopic (exact) mass is 333 g/mol. The maximum absolute atomic E-state index is 12.0. The van der Waals surface area contributed by atoms with Gasteiger partial charge in [0.15, 0.2) is 0 Å². The van der Waals surface area contributed by atoms with E-state index in [1.807, 2.05) is 29.2 Å². The van der Waals surface area contributed by atoms with Crippen LogP contribution in [0.5, 0.6) is 5.75 Å². The van der Waals surface area contributed by atoms with Crippen LogP contribution in [0, 0.1) is 0 Å². The standard InChI is InChI=1S/C15H19N5O2S/c1-22-13-6-4-12(5-7-13)20-15(16-17-18-20)23-11-8-14(21)19-9-2-3-10-19/h4-7H,2-3,8-11H2,1H3. The van der Waals surface area contributed by atoms with Gasteiger partial charge in [-0.3, -0.25) is 4.79 Å². The van der Waals surface area contributed by atoms with Crippen LogP contribution < -0.4 is 4.74 Å². The minimum absolute atomic E-state index is 0.221. The van der Waals surface area contributed by atoms with Crippen molar-refractivity contribution in [3.05, 3.63) is 24.3 Å². The fourth-order valence-corrected chi connectivity index (χ4v) is 3.33. The summed E-state index contributed by atoms with van der Waals surface area (Å²) in [4.78, 5) is 14.0. The molecule has 2 heterocycles. The Balaban J connectivity index is 1.58. The molecule has 1 amide bonds. The highest BCUT2D eigenvalue weighted by Gasteiger charge is 2.18. The first-order chi connectivity index (χ1) is 11.3. The quantitative estimate of drug-likeness (QED) is 0.750. The van der Waals surface area contributed by atoms with E-state index in [1.165, 1.54) is 11.8 Å². The molecular weight excluding hydrogens is 314 g/mol. The van der Waals surface area contributed by atoms with Crippen molar-refractivity contribution >= 4 is 17.7 Å². The van der Waals surface area contributed by atoms with E-state index < -0.39 is 0 Å². The normalized spacial score (nSPS) is 14.2. The van der Waals surface area contributed by atoms with Crippen LogP contribution in [0.4, 0.5) is 0 Å². The summed E-state index contributed by atoms with van der Waals surface area (Å²) in [5, 5.41) is 12.5. The number of benzene rings is 1. The molecule has 0 N–H and O–H groups in total. The predicted octanol–water partition coefficient (Wildman–Crippen LogP) is 1.78. The molecule has 0 atom stereocenters. The van der Waals surface area contributed by atoms with Gasteiger partial charge in [-0.05, 0) is 47.5 Å². The Morgan fingerprint density at radius 1 is 1.26 bits per heavy atom. The zero-order valence-electron chi connectivity index (χ0n) is 13.0. The number of carbonyl (C=O) groups excluding carboxylic acids is 1. The van der Waals surface area contributed by atoms with E-state index >= 15 is 0 Å². The lowest BCUT2D eigenvalue weighted by molar-refractivity contribution is -0.129. The van der Waals surface area contributed by atoms with Crippen molar-refractivity contribution in [1.29, 1.82) is 0 Å². The smallest absolute Gasteiger partial charge is 0.223 e. The topological polar surface area (TPSA) is 73.1 Å². The van der Waals surface area contributed by atoms with E-state index in [0.717, 1.165) is 37.4 Å². The SMILES string of the molecule is COc1ccc(-n2nnnc2SCCC(=O)N2CCCC2)cc1. The van der Waals surface area contributed by atoms with Gasteiger partial charge in [0, 0.05) is 25.3 Å². The van der Waals surface area contributed by atoms with Crippen LogP contribution in [0.2, 0.25) is 0 Å². The lowest BCUT2D eigenvalue weighted by atomic mass is 10.3. The number of ether oxygens (including phenoxy) is 1. The number of aromatic nitrogens is 4. The first-order valence-corrected chi connectivity index (χ1v) is 8.60. The van der Waals surface area contributed by atoms with Crippen LogP contribution >= 0.6 is 11.8 Å². The third-order valence-electron chi connectivity index (χ3n) is 3.76. The Hall–Kier alpha value is -2.09. The fraction of sp³-hybridized carbons (Fsp3) is 0.467. The molecule has 0 aliphatic carbocycles. The number of carbonyl (C=O) groups is 1. The third-order valence-corrected chi connectivity index (χ3v) is 4.68. The first kappa shape index (κ1) is 15.8. The van der Waals surface area contributed by atoms with Crippen LogP contribution in [0.3, 0.4) is 0 Å². The molecule has 23 heavy (non-hydrogen) atoms. The third kappa shape index (κ3) is 3.82. The molecule has 0 bridgehead atoms. The summed E-state index contributed by atoms with van der Waals surface area (Å²) in [6, 6.07) is 7.52. The molecule has 2 aromatic rings. The first-order valence-electron chi connectivity index (χ1n) is 7.61. The summed E-state index contributed by atoms with van der Waals surface area (Å²) < 4.78 is 6.82. The largest absolute Gasteiger partial charge is 0.497 e. The molecular formula is C15H19N5O2S. The number of nitrogens with zero attached hydrogens (tertiary/aromatic N) is 5. The highest BCUT2D eigenvalue weighted by atomic mass is 32.2. The zero-order chi connectivity index (χ0) is 16.1. The second kappa shape index (κ2) is 7.45. The Morgan fingerprint density at radius 2 is 2.00 bits per heavy atom. The summed E-state index contributed by atoms with van der Waals surface area (Å²) in [5.41, 5.74) is 0.865. The van der Waals surface area contributed by atoms with Crippen molar-refractivity contribution in [2.75, 3.05) is 26.0 Å². The minimum atomic E-state index is 0.221. The highest BCUT2D eigenvalue weighted by molar-refractivity contribution is 7.99. The Kier molecular flexibility index (Phi) is 5.12. The zero-order valence-corrected chi connectivity index (χ0v) is 13.8. The van der Waals surface area contributed by atoms with Crippen LogP contribution in [-0.4, -0.2) is 57.0 Å². The number of thioether (sulfide) groups is 1. The summed E-state index contributed by atoms with van der Waals surface area (Å²) in [6.45, 7) is 1.79. The lowest BCUT2D eigenvalue weighted by Crippen LogP contribution is -2.27. The van der Waals surface area contributed by atoms with Crippen LogP contribution in [0.15, 0.2) is 29.4 Å². The van der Waals surface area contributed by atoms with E-state index in [4.69, 9.17) is 4.74 Å². The van der Waals surface area contributed by atoms with Gasteiger partial charge < -0.3 is 9.64 Å². The number of likely N-dealkylation sites (tertiary alicyclic amines) is 1. The molecule has 3 rings (SSSR count). The van der Waals surface area contributed by atoms with Crippen LogP contribution in [0.1, 0.15) is 19.3 Å². The van der Waals surface area contributed by atoms with Gasteiger partial charge in [-0.1, -0.05) is 11.8 Å². The van der Waals surface area contributed by atoms with Gasteiger partial charge >= 0.3 is 0 Å². The Bertz CT molecular complexity index is 652. The number of amides is 1. The lowest BCUT2D eigenvalue weighted by Gasteiger charge is -2.14. The molecule has 1 aliphatic heterocycles. The maximum Gasteiger partial charge on any atom is 0.223 e. The van der Waals surface area contributed by atoms with Crippen molar-refractivity contribution in [3.8, 4) is 11.4 Å². The van der Waals surface area contributed by atoms with Gasteiger partial charge in [0.25, 0.3) is 0 Å². The summed E-state index contributed by atoms with van der Waals surface area (Å²) in [5.74, 6) is 1.68. The Morgan fingerprint density at radius 3 is 2.70 bits per heavy atom. The number of hydrogen-bond acceptors (Lipinski definition) is 6. The molecule has 0 radical (unpaired) electrons. The Labute approximate surface area is 139 Å². The van der Waals surface area contributed by atoms with E-state index in [2.05, 4.69) is 15.5 Å². The van der Waals surface area contributed by atoms with Gasteiger partial charge in [-0.2, -0.15) is 4.68 Å². The van der Waals surface area contributed by atoms with Crippen molar-refractivity contribution in [2.45, 2.75) is 24.4 Å². The van der Waals surface area contributed by atoms with Gasteiger partial charge in [-0.25, -0.2) is 0 Å². The molecule has 0 saturated carbocycles. The molecule has 7 nitrogen and oxygen atoms in total. The van der Waals surface area contributed by atoms with Crippen LogP contribution in [-0.2, 0) is 4.79 Å². The second-order valence-corrected chi connectivity index (χ2v) is 6.32. The van der Waals surface area contributed by atoms with E-state index in [0.29, 0.717) is 17.3 Å². The number of methoxy groups -OCH3 is 1. The molecule has 122 valence electrons. The minimum Gasteiger partial charge on any atom is -0.497 e. The van der Waals surface area contributed by atoms with Gasteiger partial charge in [0.2, 0.25) is 11.1 Å². The van der Waals surface area contributed by atoms with Crippen molar-refractivity contribution in [3.63, 3.8) is 0 Å². The maximum atomic E-state index is 12.0. The second-order valence-electron chi connectivity index (χ2n) is 5.26. The number of rotatable bonds is 6. The number of hydrogen-bond donors (Lipinski definition) is 0. The molecule has 1 fully saturated rings. The predicted molar refractivity (Wildman–Crippen MR) is 86.9 cm³/mol. The van der Waals surface area contributed by atoms with E-state index in [1.54, 1.807) is 11.8 Å². The molecule has 1 aromatic heterocycles. The number of tetrazole rings is 1. The van der Waals surface area contributed by atoms with E-state index in [-0.39, 0.29) is 5.91 Å². The summed E-state index contributed by atoms with van der Waals surface area (Å²) >= 11 is 1.49.